The van der Waals surface area contributed by atoms with Gasteiger partial charge in [0.1, 0.15) is 6.61 Å². The fourth-order valence-electron chi connectivity index (χ4n) is 3.60. The highest BCUT2D eigenvalue weighted by Crippen LogP contribution is 2.44. The van der Waals surface area contributed by atoms with Gasteiger partial charge in [0.05, 0.1) is 13.2 Å². The van der Waals surface area contributed by atoms with Gasteiger partial charge in [-0.1, -0.05) is 90.9 Å². The molecule has 0 aromatic carbocycles. The van der Waals surface area contributed by atoms with E-state index in [1.165, 1.54) is 25.7 Å². The second-order valence-electron chi connectivity index (χ2n) is 9.42. The molecule has 0 aliphatic heterocycles. The first kappa shape index (κ1) is 36.5. The Morgan fingerprint density at radius 3 is 1.68 bits per heavy atom. The number of hydrogen-bond acceptors (Lipinski definition) is 9. The second-order valence-corrected chi connectivity index (χ2v) is 10.8. The van der Waals surface area contributed by atoms with Crippen molar-refractivity contribution in [2.75, 3.05) is 19.8 Å². The van der Waals surface area contributed by atoms with Gasteiger partial charge in [0.25, 0.3) is 0 Å². The minimum absolute atomic E-state index is 0.134. The summed E-state index contributed by atoms with van der Waals surface area (Å²) < 4.78 is 31.8. The van der Waals surface area contributed by atoms with E-state index in [1.807, 2.05) is 0 Å². The molecular formula is C26H49O11P. The summed E-state index contributed by atoms with van der Waals surface area (Å²) in [6, 6.07) is 0. The van der Waals surface area contributed by atoms with E-state index in [9.17, 15) is 23.8 Å². The maximum Gasteiger partial charge on any atom is 0.473 e. The summed E-state index contributed by atoms with van der Waals surface area (Å²) in [5, 5.41) is 17.9. The zero-order chi connectivity index (χ0) is 28.7. The Kier molecular flexibility index (Phi) is 22.4. The predicted molar refractivity (Wildman–Crippen MR) is 141 cm³/mol. The average Bonchev–Trinajstić information content (AvgIpc) is 2.87. The molecule has 3 N–H and O–H groups in total. The third kappa shape index (κ3) is 21.4. The SMILES string of the molecule is CCCCCCCCCC(=O)OC[C@H](COP(=O)(O)OC(CO)C(=O)O)OC(=O)CCCCCCCCC. The van der Waals surface area contributed by atoms with Gasteiger partial charge in [-0.25, -0.2) is 9.36 Å². The van der Waals surface area contributed by atoms with Crippen molar-refractivity contribution in [1.82, 2.24) is 0 Å². The Hall–Kier alpha value is -1.52. The van der Waals surface area contributed by atoms with Crippen molar-refractivity contribution in [2.24, 2.45) is 0 Å². The average molecular weight is 569 g/mol. The van der Waals surface area contributed by atoms with Crippen LogP contribution in [0.2, 0.25) is 0 Å². The van der Waals surface area contributed by atoms with Gasteiger partial charge in [0.15, 0.2) is 12.2 Å². The van der Waals surface area contributed by atoms with Gasteiger partial charge in [-0.2, -0.15) is 0 Å². The summed E-state index contributed by atoms with van der Waals surface area (Å²) in [7, 11) is -4.91. The van der Waals surface area contributed by atoms with Gasteiger partial charge in [-0.3, -0.25) is 18.6 Å². The maximum absolute atomic E-state index is 12.3. The molecular weight excluding hydrogens is 519 g/mol. The third-order valence-corrected chi connectivity index (χ3v) is 6.82. The number of ether oxygens (including phenoxy) is 2. The first-order chi connectivity index (χ1) is 18.1. The molecule has 0 fully saturated rings. The van der Waals surface area contributed by atoms with Crippen LogP contribution in [-0.4, -0.2) is 65.0 Å². The van der Waals surface area contributed by atoms with Crippen molar-refractivity contribution in [1.29, 1.82) is 0 Å². The molecule has 2 unspecified atom stereocenters. The van der Waals surface area contributed by atoms with Crippen LogP contribution >= 0.6 is 7.82 Å². The second kappa shape index (κ2) is 23.4. The molecule has 0 aliphatic carbocycles. The number of aliphatic hydroxyl groups excluding tert-OH is 1. The quantitative estimate of drug-likeness (QED) is 0.0704. The van der Waals surface area contributed by atoms with Gasteiger partial charge in [0, 0.05) is 12.8 Å². The van der Waals surface area contributed by atoms with Crippen LogP contribution in [0.3, 0.4) is 0 Å². The lowest BCUT2D eigenvalue weighted by Crippen LogP contribution is -2.31. The number of carboxylic acid groups (broad SMARTS) is 1. The fraction of sp³-hybridized carbons (Fsp3) is 0.885. The summed E-state index contributed by atoms with van der Waals surface area (Å²) in [6.07, 6.45) is 11.6. The number of phosphoric acid groups is 1. The zero-order valence-electron chi connectivity index (χ0n) is 23.1. The van der Waals surface area contributed by atoms with Crippen molar-refractivity contribution in [2.45, 2.75) is 129 Å². The topological polar surface area (TPSA) is 166 Å². The van der Waals surface area contributed by atoms with Crippen LogP contribution in [0.25, 0.3) is 0 Å². The van der Waals surface area contributed by atoms with E-state index in [-0.39, 0.29) is 19.4 Å². The lowest BCUT2D eigenvalue weighted by atomic mass is 10.1. The van der Waals surface area contributed by atoms with Crippen LogP contribution in [0.5, 0.6) is 0 Å². The number of esters is 2. The molecule has 0 rings (SSSR count). The molecule has 0 aromatic heterocycles. The molecule has 0 saturated heterocycles. The van der Waals surface area contributed by atoms with E-state index < -0.39 is 51.2 Å². The zero-order valence-corrected chi connectivity index (χ0v) is 24.0. The lowest BCUT2D eigenvalue weighted by molar-refractivity contribution is -0.161. The van der Waals surface area contributed by atoms with Gasteiger partial charge < -0.3 is 24.6 Å². The molecule has 0 spiro atoms. The van der Waals surface area contributed by atoms with E-state index in [0.717, 1.165) is 51.4 Å². The fourth-order valence-corrected chi connectivity index (χ4v) is 4.49. The number of unbranched alkanes of at least 4 members (excludes halogenated alkanes) is 12. The van der Waals surface area contributed by atoms with E-state index in [1.54, 1.807) is 0 Å². The molecule has 0 amide bonds. The first-order valence-electron chi connectivity index (χ1n) is 14.0. The monoisotopic (exact) mass is 568 g/mol. The molecule has 3 atom stereocenters. The van der Waals surface area contributed by atoms with Crippen molar-refractivity contribution in [3.8, 4) is 0 Å². The van der Waals surface area contributed by atoms with Crippen molar-refractivity contribution in [3.05, 3.63) is 0 Å². The van der Waals surface area contributed by atoms with Crippen molar-refractivity contribution in [3.63, 3.8) is 0 Å². The van der Waals surface area contributed by atoms with Crippen LogP contribution in [0, 0.1) is 0 Å². The number of phosphoric ester groups is 1. The number of carboxylic acids is 1. The predicted octanol–water partition coefficient (Wildman–Crippen LogP) is 5.30. The van der Waals surface area contributed by atoms with Crippen molar-refractivity contribution < 1.29 is 52.6 Å². The Balaban J connectivity index is 4.68. The molecule has 0 aliphatic rings. The molecule has 0 bridgehead atoms. The summed E-state index contributed by atoms with van der Waals surface area (Å²) in [5.41, 5.74) is 0. The van der Waals surface area contributed by atoms with E-state index in [0.29, 0.717) is 12.8 Å². The van der Waals surface area contributed by atoms with Crippen molar-refractivity contribution >= 4 is 25.7 Å². The summed E-state index contributed by atoms with van der Waals surface area (Å²) in [4.78, 5) is 45.2. The summed E-state index contributed by atoms with van der Waals surface area (Å²) in [6.45, 7) is 2.19. The Bertz CT molecular complexity index is 686. The molecule has 0 aromatic rings. The van der Waals surface area contributed by atoms with Crippen LogP contribution < -0.4 is 0 Å². The Morgan fingerprint density at radius 1 is 0.737 bits per heavy atom. The van der Waals surface area contributed by atoms with Crippen LogP contribution in [0.1, 0.15) is 117 Å². The van der Waals surface area contributed by atoms with Crippen LogP contribution in [0.15, 0.2) is 0 Å². The standard InChI is InChI=1S/C26H49O11P/c1-3-5-7-9-11-13-15-17-24(28)34-20-22(21-35-38(32,33)37-23(19-27)26(30)31)36-25(29)18-16-14-12-10-8-6-4-2/h22-23,27H,3-21H2,1-2H3,(H,30,31)(H,32,33)/t22-,23?/m1/s1. The number of aliphatic hydroxyl groups is 1. The molecule has 12 heteroatoms. The van der Waals surface area contributed by atoms with Crippen LogP contribution in [0.4, 0.5) is 0 Å². The van der Waals surface area contributed by atoms with E-state index >= 15 is 0 Å². The van der Waals surface area contributed by atoms with Gasteiger partial charge in [-0.05, 0) is 12.8 Å². The highest BCUT2D eigenvalue weighted by atomic mass is 31.2. The number of aliphatic carboxylic acids is 1. The van der Waals surface area contributed by atoms with Crippen LogP contribution in [-0.2, 0) is 37.5 Å². The lowest BCUT2D eigenvalue weighted by Gasteiger charge is -2.21. The van der Waals surface area contributed by atoms with Gasteiger partial charge in [0.2, 0.25) is 0 Å². The van der Waals surface area contributed by atoms with Gasteiger partial charge in [-0.15, -0.1) is 0 Å². The van der Waals surface area contributed by atoms with Gasteiger partial charge >= 0.3 is 25.7 Å². The number of hydrogen-bond donors (Lipinski definition) is 3. The minimum Gasteiger partial charge on any atom is -0.479 e. The Labute approximate surface area is 227 Å². The van der Waals surface area contributed by atoms with E-state index in [4.69, 9.17) is 24.2 Å². The number of carbonyl (C=O) groups is 3. The molecule has 38 heavy (non-hydrogen) atoms. The third-order valence-electron chi connectivity index (χ3n) is 5.82. The maximum atomic E-state index is 12.3. The minimum atomic E-state index is -4.91. The Morgan fingerprint density at radius 2 is 1.21 bits per heavy atom. The smallest absolute Gasteiger partial charge is 0.473 e. The number of carbonyl (C=O) groups excluding carboxylic acids is 2. The molecule has 0 saturated carbocycles. The first-order valence-corrected chi connectivity index (χ1v) is 15.5. The summed E-state index contributed by atoms with van der Waals surface area (Å²) >= 11 is 0. The molecule has 224 valence electrons. The highest BCUT2D eigenvalue weighted by molar-refractivity contribution is 7.47. The molecule has 0 heterocycles. The molecule has 0 radical (unpaired) electrons. The number of rotatable bonds is 26. The van der Waals surface area contributed by atoms with E-state index in [2.05, 4.69) is 18.4 Å². The molecule has 11 nitrogen and oxygen atoms in total. The largest absolute Gasteiger partial charge is 0.479 e. The normalized spacial score (nSPS) is 14.4. The highest BCUT2D eigenvalue weighted by Gasteiger charge is 2.32. The summed E-state index contributed by atoms with van der Waals surface area (Å²) in [5.74, 6) is -2.70.